The van der Waals surface area contributed by atoms with E-state index in [1.807, 2.05) is 44.2 Å². The number of carbonyl (C=O) groups is 1. The molecule has 0 bridgehead atoms. The predicted octanol–water partition coefficient (Wildman–Crippen LogP) is 2.88. The van der Waals surface area contributed by atoms with Gasteiger partial charge >= 0.3 is 0 Å². The second kappa shape index (κ2) is 6.40. The van der Waals surface area contributed by atoms with Crippen LogP contribution < -0.4 is 5.32 Å². The molecule has 0 radical (unpaired) electrons. The minimum Gasteiger partial charge on any atom is -0.388 e. The summed E-state index contributed by atoms with van der Waals surface area (Å²) in [5.41, 5.74) is -0.493. The van der Waals surface area contributed by atoms with E-state index in [1.54, 1.807) is 6.92 Å². The van der Waals surface area contributed by atoms with Crippen molar-refractivity contribution in [2.45, 2.75) is 52.1 Å². The average Bonchev–Trinajstić information content (AvgIpc) is 2.35. The first kappa shape index (κ1) is 16.7. The fourth-order valence-corrected chi connectivity index (χ4v) is 2.43. The van der Waals surface area contributed by atoms with E-state index in [0.717, 1.165) is 5.56 Å². The third-order valence-electron chi connectivity index (χ3n) is 3.54. The number of benzene rings is 1. The standard InChI is InChI=1S/C17H27NO2/c1-13(2)11-17(5,20)12-18-15(19)16(3,4)14-9-7-6-8-10-14/h6-10,13,20H,11-12H2,1-5H3,(H,18,19). The Bertz CT molecular complexity index is 436. The predicted molar refractivity (Wildman–Crippen MR) is 82.6 cm³/mol. The fourth-order valence-electron chi connectivity index (χ4n) is 2.43. The Kier molecular flexibility index (Phi) is 5.35. The Labute approximate surface area is 122 Å². The molecule has 0 aliphatic carbocycles. The number of aliphatic hydroxyl groups is 1. The Morgan fingerprint density at radius 3 is 2.25 bits per heavy atom. The van der Waals surface area contributed by atoms with E-state index in [0.29, 0.717) is 12.3 Å². The van der Waals surface area contributed by atoms with Gasteiger partial charge in [-0.25, -0.2) is 0 Å². The first-order chi connectivity index (χ1) is 9.15. The van der Waals surface area contributed by atoms with Crippen molar-refractivity contribution < 1.29 is 9.90 Å². The zero-order valence-corrected chi connectivity index (χ0v) is 13.2. The quantitative estimate of drug-likeness (QED) is 0.840. The van der Waals surface area contributed by atoms with Crippen molar-refractivity contribution >= 4 is 5.91 Å². The number of nitrogens with one attached hydrogen (secondary N) is 1. The van der Waals surface area contributed by atoms with Crippen LogP contribution in [-0.2, 0) is 10.2 Å². The van der Waals surface area contributed by atoms with Gasteiger partial charge in [0.2, 0.25) is 5.91 Å². The van der Waals surface area contributed by atoms with Gasteiger partial charge in [-0.05, 0) is 38.7 Å². The smallest absolute Gasteiger partial charge is 0.230 e. The molecular formula is C17H27NO2. The van der Waals surface area contributed by atoms with Gasteiger partial charge in [0.15, 0.2) is 0 Å². The fraction of sp³-hybridized carbons (Fsp3) is 0.588. The minimum atomic E-state index is -0.864. The van der Waals surface area contributed by atoms with E-state index in [2.05, 4.69) is 19.2 Å². The summed E-state index contributed by atoms with van der Waals surface area (Å²) < 4.78 is 0. The second-order valence-electron chi connectivity index (χ2n) is 6.77. The van der Waals surface area contributed by atoms with Crippen LogP contribution >= 0.6 is 0 Å². The third kappa shape index (κ3) is 4.64. The van der Waals surface area contributed by atoms with Crippen molar-refractivity contribution in [1.82, 2.24) is 5.32 Å². The first-order valence-corrected chi connectivity index (χ1v) is 7.21. The summed E-state index contributed by atoms with van der Waals surface area (Å²) in [6.45, 7) is 9.96. The van der Waals surface area contributed by atoms with Crippen LogP contribution in [-0.4, -0.2) is 23.2 Å². The van der Waals surface area contributed by atoms with Crippen molar-refractivity contribution in [3.63, 3.8) is 0 Å². The molecule has 0 fully saturated rings. The molecule has 1 unspecified atom stereocenters. The zero-order valence-electron chi connectivity index (χ0n) is 13.2. The van der Waals surface area contributed by atoms with E-state index in [9.17, 15) is 9.90 Å². The van der Waals surface area contributed by atoms with Crippen LogP contribution in [0.3, 0.4) is 0 Å². The monoisotopic (exact) mass is 277 g/mol. The number of hydrogen-bond acceptors (Lipinski definition) is 2. The molecule has 1 amide bonds. The summed E-state index contributed by atoms with van der Waals surface area (Å²) in [4.78, 5) is 12.4. The van der Waals surface area contributed by atoms with Crippen LogP contribution in [0.5, 0.6) is 0 Å². The lowest BCUT2D eigenvalue weighted by Gasteiger charge is -2.29. The SMILES string of the molecule is CC(C)CC(C)(O)CNC(=O)C(C)(C)c1ccccc1. The van der Waals surface area contributed by atoms with Crippen LogP contribution in [0.4, 0.5) is 0 Å². The molecule has 3 heteroatoms. The second-order valence-corrected chi connectivity index (χ2v) is 6.77. The highest BCUT2D eigenvalue weighted by atomic mass is 16.3. The van der Waals surface area contributed by atoms with Gasteiger partial charge in [0, 0.05) is 6.54 Å². The van der Waals surface area contributed by atoms with Gasteiger partial charge in [0.1, 0.15) is 0 Å². The molecule has 0 saturated heterocycles. The lowest BCUT2D eigenvalue weighted by Crippen LogP contribution is -2.47. The molecule has 1 rings (SSSR count). The molecule has 0 aliphatic rings. The molecule has 0 spiro atoms. The van der Waals surface area contributed by atoms with Crippen molar-refractivity contribution in [2.75, 3.05) is 6.54 Å². The highest BCUT2D eigenvalue weighted by Crippen LogP contribution is 2.23. The van der Waals surface area contributed by atoms with Crippen LogP contribution in [0.15, 0.2) is 30.3 Å². The van der Waals surface area contributed by atoms with Gasteiger partial charge < -0.3 is 10.4 Å². The summed E-state index contributed by atoms with van der Waals surface area (Å²) >= 11 is 0. The van der Waals surface area contributed by atoms with Crippen molar-refractivity contribution in [1.29, 1.82) is 0 Å². The summed E-state index contributed by atoms with van der Waals surface area (Å²) in [6, 6.07) is 9.70. The van der Waals surface area contributed by atoms with Gasteiger partial charge in [-0.1, -0.05) is 44.2 Å². The molecule has 0 heterocycles. The van der Waals surface area contributed by atoms with E-state index in [4.69, 9.17) is 0 Å². The minimum absolute atomic E-state index is 0.0623. The van der Waals surface area contributed by atoms with Crippen LogP contribution in [0, 0.1) is 5.92 Å². The number of hydrogen-bond donors (Lipinski definition) is 2. The summed E-state index contributed by atoms with van der Waals surface area (Å²) in [6.07, 6.45) is 0.666. The van der Waals surface area contributed by atoms with Gasteiger partial charge in [-0.2, -0.15) is 0 Å². The summed E-state index contributed by atoms with van der Waals surface area (Å²) in [5, 5.41) is 13.1. The van der Waals surface area contributed by atoms with Gasteiger partial charge in [0.25, 0.3) is 0 Å². The highest BCUT2D eigenvalue weighted by Gasteiger charge is 2.31. The molecule has 112 valence electrons. The number of carbonyl (C=O) groups excluding carboxylic acids is 1. The topological polar surface area (TPSA) is 49.3 Å². The van der Waals surface area contributed by atoms with E-state index in [1.165, 1.54) is 0 Å². The average molecular weight is 277 g/mol. The maximum atomic E-state index is 12.4. The number of rotatable bonds is 6. The first-order valence-electron chi connectivity index (χ1n) is 7.21. The van der Waals surface area contributed by atoms with E-state index in [-0.39, 0.29) is 12.5 Å². The molecule has 20 heavy (non-hydrogen) atoms. The number of amides is 1. The molecule has 0 aromatic heterocycles. The van der Waals surface area contributed by atoms with Crippen LogP contribution in [0.2, 0.25) is 0 Å². The normalized spacial score (nSPS) is 14.9. The Morgan fingerprint density at radius 1 is 1.20 bits per heavy atom. The van der Waals surface area contributed by atoms with Gasteiger partial charge in [-0.3, -0.25) is 4.79 Å². The molecule has 3 nitrogen and oxygen atoms in total. The molecule has 1 aromatic carbocycles. The Hall–Kier alpha value is -1.35. The van der Waals surface area contributed by atoms with Gasteiger partial charge in [0.05, 0.1) is 11.0 Å². The van der Waals surface area contributed by atoms with Crippen molar-refractivity contribution in [2.24, 2.45) is 5.92 Å². The molecule has 0 saturated carbocycles. The molecule has 1 atom stereocenters. The maximum absolute atomic E-state index is 12.4. The van der Waals surface area contributed by atoms with Crippen LogP contribution in [0.25, 0.3) is 0 Å². The maximum Gasteiger partial charge on any atom is 0.230 e. The van der Waals surface area contributed by atoms with E-state index >= 15 is 0 Å². The van der Waals surface area contributed by atoms with Crippen molar-refractivity contribution in [3.05, 3.63) is 35.9 Å². The Morgan fingerprint density at radius 2 is 1.75 bits per heavy atom. The van der Waals surface area contributed by atoms with Crippen LogP contribution in [0.1, 0.15) is 46.6 Å². The summed E-state index contributed by atoms with van der Waals surface area (Å²) in [7, 11) is 0. The molecule has 2 N–H and O–H groups in total. The lowest BCUT2D eigenvalue weighted by atomic mass is 9.83. The van der Waals surface area contributed by atoms with Gasteiger partial charge in [-0.15, -0.1) is 0 Å². The van der Waals surface area contributed by atoms with Crippen molar-refractivity contribution in [3.8, 4) is 0 Å². The Balaban J connectivity index is 2.67. The largest absolute Gasteiger partial charge is 0.388 e. The summed E-state index contributed by atoms with van der Waals surface area (Å²) in [5.74, 6) is 0.330. The lowest BCUT2D eigenvalue weighted by molar-refractivity contribution is -0.127. The molecular weight excluding hydrogens is 250 g/mol. The van der Waals surface area contributed by atoms with E-state index < -0.39 is 11.0 Å². The third-order valence-corrected chi connectivity index (χ3v) is 3.54. The molecule has 0 aliphatic heterocycles. The zero-order chi connectivity index (χ0) is 15.4. The molecule has 1 aromatic rings. The highest BCUT2D eigenvalue weighted by molar-refractivity contribution is 5.87.